The second-order valence-electron chi connectivity index (χ2n) is 3.12. The quantitative estimate of drug-likeness (QED) is 0.467. The van der Waals surface area contributed by atoms with Crippen LogP contribution in [-0.2, 0) is 11.4 Å². The zero-order valence-corrected chi connectivity index (χ0v) is 8.84. The van der Waals surface area contributed by atoms with E-state index in [1.807, 2.05) is 30.3 Å². The molecule has 0 aliphatic heterocycles. The van der Waals surface area contributed by atoms with Gasteiger partial charge in [-0.1, -0.05) is 40.6 Å². The van der Waals surface area contributed by atoms with Gasteiger partial charge >= 0.3 is 0 Å². The maximum atomic E-state index is 8.47. The van der Waals surface area contributed by atoms with Gasteiger partial charge in [-0.25, -0.2) is 0 Å². The predicted octanol–water partition coefficient (Wildman–Crippen LogP) is 2.43. The molecule has 0 aliphatic rings. The minimum absolute atomic E-state index is 0.414. The fourth-order valence-electron chi connectivity index (χ4n) is 0.916. The summed E-state index contributed by atoms with van der Waals surface area (Å²) in [6.07, 6.45) is 0. The summed E-state index contributed by atoms with van der Waals surface area (Å²) in [7, 11) is 0. The van der Waals surface area contributed by atoms with E-state index in [0.717, 1.165) is 5.56 Å². The molecule has 0 bridgehead atoms. The zero-order valence-electron chi connectivity index (χ0n) is 8.84. The van der Waals surface area contributed by atoms with Crippen molar-refractivity contribution in [1.82, 2.24) is 0 Å². The van der Waals surface area contributed by atoms with Crippen LogP contribution in [0.3, 0.4) is 0 Å². The van der Waals surface area contributed by atoms with Crippen molar-refractivity contribution in [2.75, 3.05) is 0 Å². The van der Waals surface area contributed by atoms with Crippen LogP contribution < -0.4 is 0 Å². The van der Waals surface area contributed by atoms with E-state index in [-0.39, 0.29) is 0 Å². The molecule has 4 heteroatoms. The highest BCUT2D eigenvalue weighted by atomic mass is 16.6. The molecule has 0 amide bonds. The lowest BCUT2D eigenvalue weighted by Gasteiger charge is -2.00. The highest BCUT2D eigenvalue weighted by molar-refractivity contribution is 6.40. The normalized spacial score (nSPS) is 12.7. The average molecular weight is 206 g/mol. The van der Waals surface area contributed by atoms with E-state index in [0.29, 0.717) is 18.0 Å². The monoisotopic (exact) mass is 206 g/mol. The van der Waals surface area contributed by atoms with Crippen molar-refractivity contribution in [3.8, 4) is 0 Å². The van der Waals surface area contributed by atoms with Gasteiger partial charge in [0.2, 0.25) is 0 Å². The van der Waals surface area contributed by atoms with E-state index in [1.165, 1.54) is 0 Å². The van der Waals surface area contributed by atoms with Crippen LogP contribution in [0.25, 0.3) is 0 Å². The number of rotatable bonds is 4. The third kappa shape index (κ3) is 3.81. The first-order valence-corrected chi connectivity index (χ1v) is 4.63. The molecule has 0 aromatic heterocycles. The number of nitrogens with zero attached hydrogens (tertiary/aromatic N) is 2. The maximum Gasteiger partial charge on any atom is 0.142 e. The summed E-state index contributed by atoms with van der Waals surface area (Å²) in [5.41, 5.74) is 2.06. The molecule has 0 atom stereocenters. The third-order valence-electron chi connectivity index (χ3n) is 1.95. The van der Waals surface area contributed by atoms with Gasteiger partial charge in [-0.05, 0) is 19.4 Å². The van der Waals surface area contributed by atoms with Crippen molar-refractivity contribution in [1.29, 1.82) is 0 Å². The third-order valence-corrected chi connectivity index (χ3v) is 1.95. The molecule has 0 unspecified atom stereocenters. The van der Waals surface area contributed by atoms with Crippen LogP contribution in [0.5, 0.6) is 0 Å². The van der Waals surface area contributed by atoms with Gasteiger partial charge in [0.15, 0.2) is 0 Å². The van der Waals surface area contributed by atoms with Crippen LogP contribution in [0.2, 0.25) is 0 Å². The maximum absolute atomic E-state index is 8.47. The van der Waals surface area contributed by atoms with Gasteiger partial charge in [-0.15, -0.1) is 0 Å². The molecule has 0 radical (unpaired) electrons. The zero-order chi connectivity index (χ0) is 11.1. The standard InChI is InChI=1S/C11H14N2O2/c1-9(12-14)10(2)13-15-8-11-6-4-3-5-7-11/h3-7,14H,8H2,1-2H3/b12-9-,13-10-. The summed E-state index contributed by atoms with van der Waals surface area (Å²) in [6.45, 7) is 3.79. The minimum atomic E-state index is 0.414. The lowest BCUT2D eigenvalue weighted by Crippen LogP contribution is -2.06. The summed E-state index contributed by atoms with van der Waals surface area (Å²) >= 11 is 0. The molecule has 0 spiro atoms. The summed E-state index contributed by atoms with van der Waals surface area (Å²) in [4.78, 5) is 5.10. The second kappa shape index (κ2) is 5.80. The Morgan fingerprint density at radius 3 is 2.47 bits per heavy atom. The first-order valence-electron chi connectivity index (χ1n) is 4.63. The van der Waals surface area contributed by atoms with Crippen molar-refractivity contribution < 1.29 is 10.0 Å². The van der Waals surface area contributed by atoms with Crippen molar-refractivity contribution in [2.24, 2.45) is 10.3 Å². The fraction of sp³-hybridized carbons (Fsp3) is 0.273. The first-order chi connectivity index (χ1) is 7.24. The molecule has 1 aromatic carbocycles. The largest absolute Gasteiger partial charge is 0.411 e. The Hall–Kier alpha value is -1.84. The number of hydrogen-bond donors (Lipinski definition) is 1. The Balaban J connectivity index is 2.46. The summed E-state index contributed by atoms with van der Waals surface area (Å²) in [5.74, 6) is 0. The van der Waals surface area contributed by atoms with E-state index in [9.17, 15) is 0 Å². The van der Waals surface area contributed by atoms with Gasteiger partial charge in [-0.2, -0.15) is 0 Å². The van der Waals surface area contributed by atoms with Gasteiger partial charge in [0.05, 0.1) is 0 Å². The van der Waals surface area contributed by atoms with Gasteiger partial charge in [-0.3, -0.25) is 0 Å². The van der Waals surface area contributed by atoms with E-state index >= 15 is 0 Å². The smallest absolute Gasteiger partial charge is 0.142 e. The summed E-state index contributed by atoms with van der Waals surface area (Å²) < 4.78 is 0. The first kappa shape index (κ1) is 11.2. The van der Waals surface area contributed by atoms with Crippen molar-refractivity contribution in [3.05, 3.63) is 35.9 Å². The van der Waals surface area contributed by atoms with Gasteiger partial charge in [0.1, 0.15) is 18.0 Å². The fourth-order valence-corrected chi connectivity index (χ4v) is 0.916. The van der Waals surface area contributed by atoms with E-state index in [4.69, 9.17) is 10.0 Å². The van der Waals surface area contributed by atoms with Crippen LogP contribution in [0.1, 0.15) is 19.4 Å². The molecule has 1 aromatic rings. The van der Waals surface area contributed by atoms with Gasteiger partial charge < -0.3 is 10.0 Å². The number of hydrogen-bond acceptors (Lipinski definition) is 4. The Morgan fingerprint density at radius 1 is 1.20 bits per heavy atom. The van der Waals surface area contributed by atoms with Gasteiger partial charge in [0, 0.05) is 0 Å². The van der Waals surface area contributed by atoms with Crippen LogP contribution in [-0.4, -0.2) is 16.6 Å². The van der Waals surface area contributed by atoms with Crippen LogP contribution in [0.15, 0.2) is 40.6 Å². The molecule has 0 saturated heterocycles. The molecular formula is C11H14N2O2. The van der Waals surface area contributed by atoms with Crippen LogP contribution >= 0.6 is 0 Å². The summed E-state index contributed by atoms with van der Waals surface area (Å²) in [5, 5.41) is 15.3. The second-order valence-corrected chi connectivity index (χ2v) is 3.12. The molecular weight excluding hydrogens is 192 g/mol. The van der Waals surface area contributed by atoms with Crippen molar-refractivity contribution in [2.45, 2.75) is 20.5 Å². The Kier molecular flexibility index (Phi) is 4.34. The molecule has 15 heavy (non-hydrogen) atoms. The molecule has 4 nitrogen and oxygen atoms in total. The molecule has 80 valence electrons. The van der Waals surface area contributed by atoms with Crippen molar-refractivity contribution >= 4 is 11.4 Å². The van der Waals surface area contributed by atoms with E-state index in [1.54, 1.807) is 13.8 Å². The van der Waals surface area contributed by atoms with Crippen molar-refractivity contribution in [3.63, 3.8) is 0 Å². The average Bonchev–Trinajstić information content (AvgIpc) is 2.29. The highest BCUT2D eigenvalue weighted by Crippen LogP contribution is 2.00. The lowest BCUT2D eigenvalue weighted by atomic mass is 10.2. The Bertz CT molecular complexity index is 358. The summed E-state index contributed by atoms with van der Waals surface area (Å²) in [6, 6.07) is 9.74. The molecule has 0 heterocycles. The van der Waals surface area contributed by atoms with E-state index in [2.05, 4.69) is 10.3 Å². The SMILES string of the molecule is CC(=N/O)/C(C)=N\OCc1ccccc1. The topological polar surface area (TPSA) is 54.2 Å². The van der Waals surface area contributed by atoms with E-state index < -0.39 is 0 Å². The van der Waals surface area contributed by atoms with Crippen LogP contribution in [0.4, 0.5) is 0 Å². The molecule has 1 rings (SSSR count). The molecule has 0 fully saturated rings. The predicted molar refractivity (Wildman–Crippen MR) is 59.2 cm³/mol. The molecule has 1 N–H and O–H groups in total. The molecule has 0 saturated carbocycles. The highest BCUT2D eigenvalue weighted by Gasteiger charge is 1.97. The molecule has 0 aliphatic carbocycles. The van der Waals surface area contributed by atoms with Gasteiger partial charge in [0.25, 0.3) is 0 Å². The number of benzene rings is 1. The minimum Gasteiger partial charge on any atom is -0.411 e. The van der Waals surface area contributed by atoms with Crippen LogP contribution in [0, 0.1) is 0 Å². The number of oxime groups is 2. The lowest BCUT2D eigenvalue weighted by molar-refractivity contribution is 0.131. The Morgan fingerprint density at radius 2 is 1.87 bits per heavy atom. The Labute approximate surface area is 88.9 Å².